The zero-order valence-corrected chi connectivity index (χ0v) is 12.2. The fraction of sp³-hybridized carbons (Fsp3) is 0.385. The van der Waals surface area contributed by atoms with Gasteiger partial charge >= 0.3 is 0 Å². The smallest absolute Gasteiger partial charge is 0.243 e. The Morgan fingerprint density at radius 1 is 1.45 bits per heavy atom. The van der Waals surface area contributed by atoms with Gasteiger partial charge in [0.15, 0.2) is 0 Å². The topological polar surface area (TPSA) is 78.4 Å². The van der Waals surface area contributed by atoms with Gasteiger partial charge in [0.25, 0.3) is 0 Å². The Morgan fingerprint density at radius 2 is 2.30 bits per heavy atom. The Balaban J connectivity index is 1.77. The molecule has 2 unspecified atom stereocenters. The molecular weight excluding hydrogens is 296 g/mol. The van der Waals surface area contributed by atoms with Crippen molar-refractivity contribution in [1.82, 2.24) is 10.6 Å². The number of aliphatic hydroxyl groups is 1. The Bertz CT molecular complexity index is 668. The molecule has 2 amide bonds. The number of thiophene rings is 1. The summed E-state index contributed by atoms with van der Waals surface area (Å²) in [6.45, 7) is 0. The molecule has 3 rings (SSSR count). The van der Waals surface area contributed by atoms with Gasteiger partial charge in [-0.3, -0.25) is 20.2 Å². The highest BCUT2D eigenvalue weighted by Gasteiger charge is 2.28. The van der Waals surface area contributed by atoms with Gasteiger partial charge in [0.1, 0.15) is 6.23 Å². The number of fused-ring (bicyclic) bond motifs is 1. The Labute approximate surface area is 123 Å². The van der Waals surface area contributed by atoms with Gasteiger partial charge in [-0.1, -0.05) is 6.08 Å². The van der Waals surface area contributed by atoms with E-state index in [0.29, 0.717) is 12.8 Å². The molecule has 0 aromatic carbocycles. The normalized spacial score (nSPS) is 23.4. The van der Waals surface area contributed by atoms with E-state index >= 15 is 0 Å². The van der Waals surface area contributed by atoms with Crippen LogP contribution in [0.25, 0.3) is 11.5 Å². The highest BCUT2D eigenvalue weighted by molar-refractivity contribution is 8.06. The average molecular weight is 310 g/mol. The number of thioether (sulfide) groups is 1. The molecule has 0 bridgehead atoms. The molecule has 5 nitrogen and oxygen atoms in total. The van der Waals surface area contributed by atoms with E-state index in [1.807, 2.05) is 10.8 Å². The molecule has 2 aliphatic rings. The summed E-state index contributed by atoms with van der Waals surface area (Å²) in [5, 5.41) is 20.4. The van der Waals surface area contributed by atoms with Crippen molar-refractivity contribution in [2.24, 2.45) is 0 Å². The predicted molar refractivity (Wildman–Crippen MR) is 79.2 cm³/mol. The van der Waals surface area contributed by atoms with Gasteiger partial charge in [-0.2, -0.15) is 0 Å². The molecule has 1 saturated heterocycles. The number of hydrogen-bond donors (Lipinski definition) is 3. The van der Waals surface area contributed by atoms with E-state index in [2.05, 4.69) is 16.7 Å². The SMILES string of the molecule is O=C1CCC(NC(O)c2csc3c2=CSCC=3)C(=O)N1. The van der Waals surface area contributed by atoms with Crippen LogP contribution in [0.15, 0.2) is 5.38 Å². The number of carbonyl (C=O) groups excluding carboxylic acids is 2. The minimum atomic E-state index is -0.901. The maximum atomic E-state index is 11.7. The van der Waals surface area contributed by atoms with Crippen molar-refractivity contribution in [2.45, 2.75) is 25.1 Å². The number of carbonyl (C=O) groups is 2. The first-order valence-electron chi connectivity index (χ1n) is 6.32. The molecule has 1 aromatic rings. The standard InChI is InChI=1S/C13H14N2O3S2/c16-11-2-1-9(13(18)15-11)14-12(17)8-6-20-10-3-4-19-5-7(8)10/h3,5-6,9,12,14,17H,1-2,4H2,(H,15,16,18). The molecule has 0 radical (unpaired) electrons. The number of piperidine rings is 1. The molecule has 1 fully saturated rings. The number of rotatable bonds is 3. The molecule has 0 saturated carbocycles. The zero-order chi connectivity index (χ0) is 14.1. The van der Waals surface area contributed by atoms with Gasteiger partial charge in [-0.05, 0) is 17.2 Å². The van der Waals surface area contributed by atoms with E-state index in [1.165, 1.54) is 0 Å². The van der Waals surface area contributed by atoms with Crippen molar-refractivity contribution in [3.05, 3.63) is 20.7 Å². The molecule has 3 N–H and O–H groups in total. The first kappa shape index (κ1) is 13.8. The van der Waals surface area contributed by atoms with Crippen molar-refractivity contribution >= 4 is 46.4 Å². The van der Waals surface area contributed by atoms with Gasteiger partial charge < -0.3 is 5.11 Å². The summed E-state index contributed by atoms with van der Waals surface area (Å²) in [6, 6.07) is -0.529. The van der Waals surface area contributed by atoms with Crippen LogP contribution in [-0.2, 0) is 9.59 Å². The molecule has 2 aliphatic heterocycles. The van der Waals surface area contributed by atoms with E-state index < -0.39 is 12.3 Å². The quantitative estimate of drug-likeness (QED) is 0.513. The number of imide groups is 1. The third kappa shape index (κ3) is 2.67. The van der Waals surface area contributed by atoms with Crippen molar-refractivity contribution < 1.29 is 14.7 Å². The Kier molecular flexibility index (Phi) is 3.93. The Hall–Kier alpha value is -1.15. The zero-order valence-electron chi connectivity index (χ0n) is 10.6. The van der Waals surface area contributed by atoms with Crippen LogP contribution in [0, 0.1) is 0 Å². The molecule has 3 heterocycles. The molecule has 106 valence electrons. The molecule has 0 spiro atoms. The second kappa shape index (κ2) is 5.69. The lowest BCUT2D eigenvalue weighted by Crippen LogP contribution is -2.52. The van der Waals surface area contributed by atoms with Crippen molar-refractivity contribution in [2.75, 3.05) is 5.75 Å². The largest absolute Gasteiger partial charge is 0.374 e. The third-order valence-corrected chi connectivity index (χ3v) is 5.12. The van der Waals surface area contributed by atoms with Crippen LogP contribution < -0.4 is 20.4 Å². The van der Waals surface area contributed by atoms with E-state index in [1.54, 1.807) is 23.1 Å². The maximum Gasteiger partial charge on any atom is 0.243 e. The van der Waals surface area contributed by atoms with Crippen LogP contribution in [0.3, 0.4) is 0 Å². The molecule has 1 aromatic heterocycles. The first-order valence-corrected chi connectivity index (χ1v) is 8.25. The summed E-state index contributed by atoms with van der Waals surface area (Å²) in [4.78, 5) is 22.8. The van der Waals surface area contributed by atoms with Crippen LogP contribution in [0.1, 0.15) is 24.6 Å². The van der Waals surface area contributed by atoms with Gasteiger partial charge in [-0.25, -0.2) is 0 Å². The van der Waals surface area contributed by atoms with Crippen LogP contribution in [0.2, 0.25) is 0 Å². The van der Waals surface area contributed by atoms with E-state index in [4.69, 9.17) is 0 Å². The highest BCUT2D eigenvalue weighted by atomic mass is 32.2. The average Bonchev–Trinajstić information content (AvgIpc) is 2.86. The molecule has 2 atom stereocenters. The van der Waals surface area contributed by atoms with E-state index in [9.17, 15) is 14.7 Å². The second-order valence-electron chi connectivity index (χ2n) is 4.70. The van der Waals surface area contributed by atoms with Gasteiger partial charge in [0, 0.05) is 27.5 Å². The summed E-state index contributed by atoms with van der Waals surface area (Å²) < 4.78 is 1.16. The first-order chi connectivity index (χ1) is 9.65. The van der Waals surface area contributed by atoms with E-state index in [0.717, 1.165) is 21.1 Å². The number of aliphatic hydroxyl groups excluding tert-OH is 1. The molecule has 20 heavy (non-hydrogen) atoms. The van der Waals surface area contributed by atoms with Crippen molar-refractivity contribution in [3.8, 4) is 0 Å². The number of nitrogens with one attached hydrogen (secondary N) is 2. The minimum absolute atomic E-state index is 0.255. The fourth-order valence-electron chi connectivity index (χ4n) is 2.28. The lowest BCUT2D eigenvalue weighted by molar-refractivity contribution is -0.135. The molecular formula is C13H14N2O3S2. The summed E-state index contributed by atoms with van der Waals surface area (Å²) in [5.74, 6) is 0.327. The van der Waals surface area contributed by atoms with Gasteiger partial charge in [0.05, 0.1) is 6.04 Å². The van der Waals surface area contributed by atoms with Crippen LogP contribution in [-0.4, -0.2) is 28.7 Å². The predicted octanol–water partition coefficient (Wildman–Crippen LogP) is -0.601. The van der Waals surface area contributed by atoms with Crippen LogP contribution in [0.4, 0.5) is 0 Å². The molecule has 7 heteroatoms. The number of amides is 2. The summed E-state index contributed by atoms with van der Waals surface area (Å²) in [6.07, 6.45) is 1.95. The summed E-state index contributed by atoms with van der Waals surface area (Å²) >= 11 is 3.27. The van der Waals surface area contributed by atoms with Crippen LogP contribution in [0.5, 0.6) is 0 Å². The third-order valence-electron chi connectivity index (χ3n) is 3.35. The fourth-order valence-corrected chi connectivity index (χ4v) is 4.24. The van der Waals surface area contributed by atoms with Crippen molar-refractivity contribution in [3.63, 3.8) is 0 Å². The molecule has 0 aliphatic carbocycles. The van der Waals surface area contributed by atoms with E-state index in [-0.39, 0.29) is 11.8 Å². The lowest BCUT2D eigenvalue weighted by Gasteiger charge is -2.24. The van der Waals surface area contributed by atoms with Gasteiger partial charge in [-0.15, -0.1) is 23.1 Å². The maximum absolute atomic E-state index is 11.7. The summed E-state index contributed by atoms with van der Waals surface area (Å²) in [5.41, 5.74) is 0.790. The Morgan fingerprint density at radius 3 is 3.10 bits per heavy atom. The lowest BCUT2D eigenvalue weighted by atomic mass is 10.1. The monoisotopic (exact) mass is 310 g/mol. The number of hydrogen-bond acceptors (Lipinski definition) is 6. The minimum Gasteiger partial charge on any atom is -0.374 e. The van der Waals surface area contributed by atoms with Gasteiger partial charge in [0.2, 0.25) is 11.8 Å². The summed E-state index contributed by atoms with van der Waals surface area (Å²) in [7, 11) is 0. The van der Waals surface area contributed by atoms with Crippen LogP contribution >= 0.6 is 23.1 Å². The second-order valence-corrected chi connectivity index (χ2v) is 6.51. The van der Waals surface area contributed by atoms with Crippen molar-refractivity contribution in [1.29, 1.82) is 0 Å². The highest BCUT2D eigenvalue weighted by Crippen LogP contribution is 2.14.